The average Bonchev–Trinajstić information content (AvgIpc) is 2.17. The number of nitrogens with zero attached hydrogens (tertiary/aromatic N) is 1. The Hall–Kier alpha value is -1.55. The maximum Gasteiger partial charge on any atom is 0.0991 e. The molecule has 0 aromatic heterocycles. The van der Waals surface area contributed by atoms with Crippen LogP contribution in [-0.4, -0.2) is 0 Å². The van der Waals surface area contributed by atoms with Crippen molar-refractivity contribution < 1.29 is 0 Å². The topological polar surface area (TPSA) is 23.8 Å². The van der Waals surface area contributed by atoms with E-state index in [-0.39, 0.29) is 0 Å². The van der Waals surface area contributed by atoms with Crippen LogP contribution < -0.4 is 0 Å². The summed E-state index contributed by atoms with van der Waals surface area (Å²) in [5, 5.41) is 8.73. The lowest BCUT2D eigenvalue weighted by atomic mass is 9.95. The lowest BCUT2D eigenvalue weighted by Crippen LogP contribution is -1.93. The zero-order valence-corrected chi connectivity index (χ0v) is 8.04. The molecule has 66 valence electrons. The SMILES string of the molecule is C=CC(C)c1cc(C#N)ccc1C. The molecule has 0 spiro atoms. The van der Waals surface area contributed by atoms with E-state index in [0.717, 1.165) is 0 Å². The maximum absolute atomic E-state index is 8.73. The first kappa shape index (κ1) is 9.54. The molecule has 0 saturated carbocycles. The van der Waals surface area contributed by atoms with Crippen LogP contribution in [-0.2, 0) is 0 Å². The van der Waals surface area contributed by atoms with Crippen LogP contribution in [0, 0.1) is 18.3 Å². The number of nitriles is 1. The molecule has 0 aliphatic carbocycles. The highest BCUT2D eigenvalue weighted by atomic mass is 14.2. The predicted molar refractivity (Wildman–Crippen MR) is 54.5 cm³/mol. The minimum absolute atomic E-state index is 0.313. The fraction of sp³-hybridized carbons (Fsp3) is 0.250. The standard InChI is InChI=1S/C12H13N/c1-4-9(2)12-7-11(8-13)6-5-10(12)3/h4-7,9H,1H2,2-3H3. The van der Waals surface area contributed by atoms with Crippen LogP contribution in [0.15, 0.2) is 30.9 Å². The van der Waals surface area contributed by atoms with Gasteiger partial charge in [0.05, 0.1) is 11.6 Å². The average molecular weight is 171 g/mol. The Morgan fingerprint density at radius 3 is 2.77 bits per heavy atom. The van der Waals surface area contributed by atoms with Crippen molar-refractivity contribution in [3.05, 3.63) is 47.5 Å². The molecule has 0 bridgehead atoms. The summed E-state index contributed by atoms with van der Waals surface area (Å²) >= 11 is 0. The van der Waals surface area contributed by atoms with Gasteiger partial charge in [-0.1, -0.05) is 19.1 Å². The van der Waals surface area contributed by atoms with Gasteiger partial charge in [-0.05, 0) is 36.1 Å². The fourth-order valence-electron chi connectivity index (χ4n) is 1.33. The predicted octanol–water partition coefficient (Wildman–Crippen LogP) is 3.16. The molecule has 0 amide bonds. The summed E-state index contributed by atoms with van der Waals surface area (Å²) in [4.78, 5) is 0. The van der Waals surface area contributed by atoms with Crippen LogP contribution in [0.25, 0.3) is 0 Å². The van der Waals surface area contributed by atoms with Gasteiger partial charge in [0, 0.05) is 0 Å². The van der Waals surface area contributed by atoms with E-state index in [1.807, 2.05) is 24.3 Å². The molecule has 1 nitrogen and oxygen atoms in total. The molecule has 1 unspecified atom stereocenters. The van der Waals surface area contributed by atoms with Crippen molar-refractivity contribution in [1.29, 1.82) is 5.26 Å². The molecule has 1 aromatic carbocycles. The van der Waals surface area contributed by atoms with Gasteiger partial charge in [0.25, 0.3) is 0 Å². The summed E-state index contributed by atoms with van der Waals surface area (Å²) in [6, 6.07) is 7.89. The third-order valence-corrected chi connectivity index (χ3v) is 2.25. The first-order valence-electron chi connectivity index (χ1n) is 4.32. The fourth-order valence-corrected chi connectivity index (χ4v) is 1.33. The Balaban J connectivity index is 3.20. The Labute approximate surface area is 79.3 Å². The molecule has 1 aromatic rings. The van der Waals surface area contributed by atoms with Crippen LogP contribution in [0.1, 0.15) is 29.5 Å². The van der Waals surface area contributed by atoms with E-state index >= 15 is 0 Å². The summed E-state index contributed by atoms with van der Waals surface area (Å²) in [5.74, 6) is 0.313. The Morgan fingerprint density at radius 2 is 2.23 bits per heavy atom. The van der Waals surface area contributed by atoms with Crippen molar-refractivity contribution in [3.63, 3.8) is 0 Å². The second-order valence-electron chi connectivity index (χ2n) is 3.21. The number of hydrogen-bond acceptors (Lipinski definition) is 1. The van der Waals surface area contributed by atoms with Crippen molar-refractivity contribution in [2.24, 2.45) is 0 Å². The quantitative estimate of drug-likeness (QED) is 0.627. The largest absolute Gasteiger partial charge is 0.192 e. The molecular weight excluding hydrogens is 158 g/mol. The normalized spacial score (nSPS) is 11.8. The van der Waals surface area contributed by atoms with Gasteiger partial charge >= 0.3 is 0 Å². The van der Waals surface area contributed by atoms with Crippen molar-refractivity contribution in [3.8, 4) is 6.07 Å². The van der Waals surface area contributed by atoms with E-state index in [9.17, 15) is 0 Å². The molecule has 0 aliphatic rings. The minimum Gasteiger partial charge on any atom is -0.192 e. The van der Waals surface area contributed by atoms with Crippen LogP contribution in [0.3, 0.4) is 0 Å². The summed E-state index contributed by atoms with van der Waals surface area (Å²) < 4.78 is 0. The Morgan fingerprint density at radius 1 is 1.54 bits per heavy atom. The third kappa shape index (κ3) is 1.97. The van der Waals surface area contributed by atoms with Crippen LogP contribution in [0.4, 0.5) is 0 Å². The number of rotatable bonds is 2. The van der Waals surface area contributed by atoms with E-state index in [1.54, 1.807) is 0 Å². The number of hydrogen-bond donors (Lipinski definition) is 0. The number of aryl methyl sites for hydroxylation is 1. The lowest BCUT2D eigenvalue weighted by Gasteiger charge is -2.09. The Kier molecular flexibility index (Phi) is 2.87. The lowest BCUT2D eigenvalue weighted by molar-refractivity contribution is 0.954. The van der Waals surface area contributed by atoms with E-state index in [0.29, 0.717) is 11.5 Å². The summed E-state index contributed by atoms with van der Waals surface area (Å²) in [6.45, 7) is 7.88. The highest BCUT2D eigenvalue weighted by Gasteiger charge is 2.05. The van der Waals surface area contributed by atoms with Gasteiger partial charge in [-0.15, -0.1) is 6.58 Å². The zero-order valence-electron chi connectivity index (χ0n) is 8.04. The van der Waals surface area contributed by atoms with Gasteiger partial charge in [-0.3, -0.25) is 0 Å². The summed E-state index contributed by atoms with van der Waals surface area (Å²) in [7, 11) is 0. The molecule has 0 aliphatic heterocycles. The van der Waals surface area contributed by atoms with Crippen molar-refractivity contribution in [1.82, 2.24) is 0 Å². The highest BCUT2D eigenvalue weighted by Crippen LogP contribution is 2.21. The number of allylic oxidation sites excluding steroid dienone is 1. The summed E-state index contributed by atoms with van der Waals surface area (Å²) in [6.07, 6.45) is 1.89. The number of benzene rings is 1. The molecule has 0 saturated heterocycles. The molecular formula is C12H13N. The molecule has 0 radical (unpaired) electrons. The molecule has 0 N–H and O–H groups in total. The van der Waals surface area contributed by atoms with Crippen LogP contribution >= 0.6 is 0 Å². The van der Waals surface area contributed by atoms with Gasteiger partial charge < -0.3 is 0 Å². The first-order valence-corrected chi connectivity index (χ1v) is 4.32. The first-order chi connectivity index (χ1) is 6.19. The molecule has 0 fully saturated rings. The molecule has 13 heavy (non-hydrogen) atoms. The molecule has 1 heteroatoms. The second-order valence-corrected chi connectivity index (χ2v) is 3.21. The molecule has 1 rings (SSSR count). The van der Waals surface area contributed by atoms with Gasteiger partial charge in [0.2, 0.25) is 0 Å². The molecule has 0 heterocycles. The van der Waals surface area contributed by atoms with Crippen molar-refractivity contribution in [2.45, 2.75) is 19.8 Å². The van der Waals surface area contributed by atoms with Crippen LogP contribution in [0.5, 0.6) is 0 Å². The van der Waals surface area contributed by atoms with Crippen molar-refractivity contribution >= 4 is 0 Å². The van der Waals surface area contributed by atoms with Gasteiger partial charge in [-0.2, -0.15) is 5.26 Å². The zero-order chi connectivity index (χ0) is 9.84. The van der Waals surface area contributed by atoms with E-state index in [1.165, 1.54) is 11.1 Å². The van der Waals surface area contributed by atoms with E-state index in [2.05, 4.69) is 26.5 Å². The Bertz CT molecular complexity index is 358. The van der Waals surface area contributed by atoms with Gasteiger partial charge in [-0.25, -0.2) is 0 Å². The monoisotopic (exact) mass is 171 g/mol. The molecule has 1 atom stereocenters. The van der Waals surface area contributed by atoms with Gasteiger partial charge in [0.15, 0.2) is 0 Å². The highest BCUT2D eigenvalue weighted by molar-refractivity contribution is 5.40. The van der Waals surface area contributed by atoms with Gasteiger partial charge in [0.1, 0.15) is 0 Å². The van der Waals surface area contributed by atoms with E-state index in [4.69, 9.17) is 5.26 Å². The third-order valence-electron chi connectivity index (χ3n) is 2.25. The second kappa shape index (κ2) is 3.91. The van der Waals surface area contributed by atoms with Crippen molar-refractivity contribution in [2.75, 3.05) is 0 Å². The maximum atomic E-state index is 8.73. The summed E-state index contributed by atoms with van der Waals surface area (Å²) in [5.41, 5.74) is 3.12. The van der Waals surface area contributed by atoms with Crippen LogP contribution in [0.2, 0.25) is 0 Å². The minimum atomic E-state index is 0.313. The van der Waals surface area contributed by atoms with E-state index < -0.39 is 0 Å². The smallest absolute Gasteiger partial charge is 0.0991 e.